The number of thioether (sulfide) groups is 1. The van der Waals surface area contributed by atoms with E-state index in [1.54, 1.807) is 12.1 Å². The van der Waals surface area contributed by atoms with Crippen molar-refractivity contribution >= 4 is 29.0 Å². The Kier molecular flexibility index (Phi) is 4.81. The van der Waals surface area contributed by atoms with Crippen LogP contribution in [-0.4, -0.2) is 33.5 Å². The van der Waals surface area contributed by atoms with Gasteiger partial charge in [-0.15, -0.1) is 0 Å². The second-order valence-corrected chi connectivity index (χ2v) is 7.44. The summed E-state index contributed by atoms with van der Waals surface area (Å²) in [4.78, 5) is 2.55. The monoisotopic (exact) mass is 298 g/mol. The van der Waals surface area contributed by atoms with Crippen LogP contribution in [0, 0.1) is 5.82 Å². The summed E-state index contributed by atoms with van der Waals surface area (Å²) in [6, 6.07) is 5.02. The number of benzene rings is 1. The van der Waals surface area contributed by atoms with Crippen LogP contribution < -0.4 is 5.73 Å². The fourth-order valence-corrected chi connectivity index (χ4v) is 4.00. The van der Waals surface area contributed by atoms with Crippen molar-refractivity contribution in [3.8, 4) is 0 Å². The molecule has 0 spiro atoms. The minimum absolute atomic E-state index is 0.219. The van der Waals surface area contributed by atoms with Gasteiger partial charge in [-0.05, 0) is 6.07 Å². The predicted molar refractivity (Wildman–Crippen MR) is 84.1 cm³/mol. The molecule has 0 radical (unpaired) electrons. The molecule has 1 aromatic rings. The lowest BCUT2D eigenvalue weighted by molar-refractivity contribution is 0.259. The van der Waals surface area contributed by atoms with Gasteiger partial charge in [0.1, 0.15) is 10.8 Å². The van der Waals surface area contributed by atoms with E-state index >= 15 is 0 Å². The third-order valence-electron chi connectivity index (χ3n) is 3.23. The van der Waals surface area contributed by atoms with Gasteiger partial charge in [-0.1, -0.05) is 38.2 Å². The van der Waals surface area contributed by atoms with Crippen molar-refractivity contribution in [2.24, 2.45) is 5.73 Å². The maximum Gasteiger partial charge on any atom is 0.128 e. The topological polar surface area (TPSA) is 29.3 Å². The molecule has 1 aliphatic rings. The summed E-state index contributed by atoms with van der Waals surface area (Å²) >= 11 is 6.85. The number of halogens is 1. The van der Waals surface area contributed by atoms with Crippen LogP contribution in [0.25, 0.3) is 0 Å². The highest BCUT2D eigenvalue weighted by molar-refractivity contribution is 8.00. The van der Waals surface area contributed by atoms with Crippen molar-refractivity contribution in [3.05, 3.63) is 35.1 Å². The molecule has 1 aromatic carbocycles. The Bertz CT molecular complexity index is 469. The minimum atomic E-state index is -0.219. The van der Waals surface area contributed by atoms with Crippen LogP contribution in [0.15, 0.2) is 18.2 Å². The average Bonchev–Trinajstić information content (AvgIpc) is 2.30. The second-order valence-electron chi connectivity index (χ2n) is 5.12. The van der Waals surface area contributed by atoms with Crippen molar-refractivity contribution in [1.29, 1.82) is 0 Å². The molecule has 2 rings (SSSR count). The van der Waals surface area contributed by atoms with Gasteiger partial charge in [-0.25, -0.2) is 4.39 Å². The molecule has 1 fully saturated rings. The smallest absolute Gasteiger partial charge is 0.128 e. The highest BCUT2D eigenvalue weighted by atomic mass is 32.2. The minimum Gasteiger partial charge on any atom is -0.389 e. The summed E-state index contributed by atoms with van der Waals surface area (Å²) in [6.07, 6.45) is 0. The number of thiocarbonyl (C=S) groups is 1. The van der Waals surface area contributed by atoms with Gasteiger partial charge in [0.05, 0.1) is 0 Å². The van der Waals surface area contributed by atoms with E-state index in [9.17, 15) is 4.39 Å². The highest BCUT2D eigenvalue weighted by Crippen LogP contribution is 2.26. The van der Waals surface area contributed by atoms with Crippen LogP contribution in [0.3, 0.4) is 0 Å². The van der Waals surface area contributed by atoms with Crippen LogP contribution >= 0.6 is 24.0 Å². The van der Waals surface area contributed by atoms with E-state index in [-0.39, 0.29) is 10.8 Å². The summed E-state index contributed by atoms with van der Waals surface area (Å²) < 4.78 is 14.0. The zero-order chi connectivity index (χ0) is 14.0. The maximum absolute atomic E-state index is 14.0. The predicted octanol–water partition coefficient (Wildman–Crippen LogP) is 2.79. The molecule has 5 heteroatoms. The van der Waals surface area contributed by atoms with E-state index < -0.39 is 0 Å². The van der Waals surface area contributed by atoms with Gasteiger partial charge in [-0.3, -0.25) is 4.90 Å². The van der Waals surface area contributed by atoms with Gasteiger partial charge in [0, 0.05) is 41.3 Å². The summed E-state index contributed by atoms with van der Waals surface area (Å²) in [5.41, 5.74) is 6.81. The average molecular weight is 298 g/mol. The summed E-state index contributed by atoms with van der Waals surface area (Å²) in [5.74, 6) is -0.219. The van der Waals surface area contributed by atoms with E-state index in [2.05, 4.69) is 18.7 Å². The summed E-state index contributed by atoms with van der Waals surface area (Å²) in [6.45, 7) is 7.11. The summed E-state index contributed by atoms with van der Waals surface area (Å²) in [5, 5.41) is 1.20. The van der Waals surface area contributed by atoms with Crippen LogP contribution in [0.5, 0.6) is 0 Å². The van der Waals surface area contributed by atoms with Gasteiger partial charge < -0.3 is 5.73 Å². The first-order valence-corrected chi connectivity index (χ1v) is 7.77. The van der Waals surface area contributed by atoms with E-state index in [1.807, 2.05) is 11.8 Å². The maximum atomic E-state index is 14.0. The molecule has 0 amide bonds. The van der Waals surface area contributed by atoms with Crippen molar-refractivity contribution in [1.82, 2.24) is 4.90 Å². The van der Waals surface area contributed by atoms with Gasteiger partial charge in [-0.2, -0.15) is 11.8 Å². The van der Waals surface area contributed by atoms with Crippen molar-refractivity contribution in [2.45, 2.75) is 30.9 Å². The summed E-state index contributed by atoms with van der Waals surface area (Å²) in [7, 11) is 0. The molecule has 2 N–H and O–H groups in total. The third kappa shape index (κ3) is 3.91. The Morgan fingerprint density at radius 1 is 1.42 bits per heavy atom. The Labute approximate surface area is 123 Å². The van der Waals surface area contributed by atoms with Crippen molar-refractivity contribution in [3.63, 3.8) is 0 Å². The molecule has 0 saturated carbocycles. The Balaban J connectivity index is 2.08. The molecule has 2 nitrogen and oxygen atoms in total. The molecule has 104 valence electrons. The molecule has 19 heavy (non-hydrogen) atoms. The quantitative estimate of drug-likeness (QED) is 0.869. The van der Waals surface area contributed by atoms with Crippen LogP contribution in [0.2, 0.25) is 0 Å². The zero-order valence-electron chi connectivity index (χ0n) is 11.2. The van der Waals surface area contributed by atoms with Gasteiger partial charge >= 0.3 is 0 Å². The van der Waals surface area contributed by atoms with Crippen LogP contribution in [-0.2, 0) is 6.54 Å². The van der Waals surface area contributed by atoms with Crippen LogP contribution in [0.4, 0.5) is 4.39 Å². The number of rotatable bonds is 3. The molecule has 1 heterocycles. The van der Waals surface area contributed by atoms with Crippen LogP contribution in [0.1, 0.15) is 25.0 Å². The first-order chi connectivity index (χ1) is 8.95. The van der Waals surface area contributed by atoms with Gasteiger partial charge in [0.15, 0.2) is 0 Å². The Morgan fingerprint density at radius 2 is 2.05 bits per heavy atom. The molecular weight excluding hydrogens is 279 g/mol. The molecule has 2 unspecified atom stereocenters. The molecule has 0 aromatic heterocycles. The third-order valence-corrected chi connectivity index (χ3v) is 4.69. The lowest BCUT2D eigenvalue weighted by atomic mass is 10.1. The molecule has 1 saturated heterocycles. The van der Waals surface area contributed by atoms with E-state index in [1.165, 1.54) is 6.07 Å². The highest BCUT2D eigenvalue weighted by Gasteiger charge is 2.22. The zero-order valence-corrected chi connectivity index (χ0v) is 12.9. The first-order valence-electron chi connectivity index (χ1n) is 6.41. The lowest BCUT2D eigenvalue weighted by Gasteiger charge is -2.34. The Hall–Kier alpha value is -0.650. The van der Waals surface area contributed by atoms with Crippen molar-refractivity contribution < 1.29 is 4.39 Å². The van der Waals surface area contributed by atoms with E-state index in [4.69, 9.17) is 18.0 Å². The van der Waals surface area contributed by atoms with Gasteiger partial charge in [0.25, 0.3) is 0 Å². The number of nitrogens with two attached hydrogens (primary N) is 1. The van der Waals surface area contributed by atoms with E-state index in [0.717, 1.165) is 13.1 Å². The SMILES string of the molecule is CC1CN(Cc2ccc(C(N)=S)cc2F)CC(C)S1. The lowest BCUT2D eigenvalue weighted by Crippen LogP contribution is -2.39. The van der Waals surface area contributed by atoms with Gasteiger partial charge in [0.2, 0.25) is 0 Å². The fourth-order valence-electron chi connectivity index (χ4n) is 2.48. The standard InChI is InChI=1S/C14H19FN2S2/c1-9-6-17(7-10(2)19-9)8-12-4-3-11(14(16)18)5-13(12)15/h3-5,9-10H,6-8H2,1-2H3,(H2,16,18). The number of hydrogen-bond acceptors (Lipinski definition) is 3. The number of hydrogen-bond donors (Lipinski definition) is 1. The fraction of sp³-hybridized carbons (Fsp3) is 0.500. The largest absolute Gasteiger partial charge is 0.389 e. The number of nitrogens with zero attached hydrogens (tertiary/aromatic N) is 1. The normalized spacial score (nSPS) is 24.4. The molecule has 0 aliphatic carbocycles. The molecule has 2 atom stereocenters. The Morgan fingerprint density at radius 3 is 2.58 bits per heavy atom. The van der Waals surface area contributed by atoms with Crippen molar-refractivity contribution in [2.75, 3.05) is 13.1 Å². The van der Waals surface area contributed by atoms with E-state index in [0.29, 0.717) is 28.2 Å². The first kappa shape index (κ1) is 14.8. The molecule has 1 aliphatic heterocycles. The second kappa shape index (κ2) is 6.20. The molecule has 0 bridgehead atoms. The molecular formula is C14H19FN2S2.